The first-order valence-corrected chi connectivity index (χ1v) is 34.8. The first-order chi connectivity index (χ1) is 38.4. The molecule has 0 saturated heterocycles. The maximum atomic E-state index is 13.6. The summed E-state index contributed by atoms with van der Waals surface area (Å²) in [5.74, 6) is -0.504. The van der Waals surface area contributed by atoms with Crippen LogP contribution in [-0.2, 0) is 27.9 Å². The maximum absolute atomic E-state index is 13.6. The average molecular weight is 1130 g/mol. The first-order valence-electron chi connectivity index (χ1n) is 33.3. The van der Waals surface area contributed by atoms with E-state index < -0.39 is 20.0 Å². The summed E-state index contributed by atoms with van der Waals surface area (Å²) in [7, 11) is 1.49. The Bertz CT molecular complexity index is 1580. The van der Waals surface area contributed by atoms with E-state index in [-0.39, 0.29) is 25.1 Å². The molecular weight excluding hydrogens is 1000 g/mol. The number of rotatable bonds is 60. The van der Waals surface area contributed by atoms with Gasteiger partial charge in [-0.3, -0.25) is 18.6 Å². The van der Waals surface area contributed by atoms with E-state index in [4.69, 9.17) is 13.8 Å². The molecule has 0 aliphatic carbocycles. The molecule has 0 aromatic carbocycles. The largest absolute Gasteiger partial charge is 0.472 e. The summed E-state index contributed by atoms with van der Waals surface area (Å²) in [6.45, 7) is 6.92. The number of nitrogens with zero attached hydrogens (tertiary/aromatic N) is 1. The van der Waals surface area contributed by atoms with Gasteiger partial charge in [-0.25, -0.2) is 4.57 Å². The lowest BCUT2D eigenvalue weighted by Crippen LogP contribution is -2.47. The van der Waals surface area contributed by atoms with Crippen molar-refractivity contribution in [1.82, 2.24) is 5.32 Å². The molecular formula is C69H128N2O7P+. The molecule has 0 saturated carbocycles. The molecule has 0 radical (unpaired) electrons. The van der Waals surface area contributed by atoms with Crippen LogP contribution in [0.5, 0.6) is 0 Å². The number of phosphoric ester groups is 1. The molecule has 0 rings (SSSR count). The van der Waals surface area contributed by atoms with Gasteiger partial charge in [-0.2, -0.15) is 0 Å². The molecule has 9 nitrogen and oxygen atoms in total. The highest BCUT2D eigenvalue weighted by Crippen LogP contribution is 2.43. The van der Waals surface area contributed by atoms with E-state index in [1.54, 1.807) is 0 Å². The summed E-state index contributed by atoms with van der Waals surface area (Å²) in [4.78, 5) is 37.8. The van der Waals surface area contributed by atoms with Gasteiger partial charge < -0.3 is 19.4 Å². The predicted octanol–water partition coefficient (Wildman–Crippen LogP) is 20.8. The van der Waals surface area contributed by atoms with Crippen molar-refractivity contribution < 1.29 is 37.3 Å². The molecule has 0 heterocycles. The van der Waals surface area contributed by atoms with Crippen LogP contribution in [0.2, 0.25) is 0 Å². The van der Waals surface area contributed by atoms with Crippen LogP contribution in [0.3, 0.4) is 0 Å². The van der Waals surface area contributed by atoms with E-state index in [2.05, 4.69) is 86.8 Å². The minimum Gasteiger partial charge on any atom is -0.456 e. The number of carbonyl (C=O) groups is 2. The van der Waals surface area contributed by atoms with Gasteiger partial charge in [0.25, 0.3) is 0 Å². The SMILES string of the molecule is CC/C=C\C/C=C\C/C=C\C/C=C\C/C=C\CCCCCCCCCCCC(=O)NC(COP(=O)(O)OCC[N+](C)(C)C)C(/C=C\CCCCCCCCCCC)OC(=O)CCCCCCCCCCCCCCCCCCC. The van der Waals surface area contributed by atoms with E-state index in [0.29, 0.717) is 23.9 Å². The fraction of sp³-hybridized carbons (Fsp3) is 0.797. The number of ether oxygens (including phenoxy) is 1. The van der Waals surface area contributed by atoms with Gasteiger partial charge in [0.15, 0.2) is 0 Å². The lowest BCUT2D eigenvalue weighted by molar-refractivity contribution is -0.870. The molecule has 0 bridgehead atoms. The van der Waals surface area contributed by atoms with Crippen LogP contribution in [0.4, 0.5) is 0 Å². The second-order valence-electron chi connectivity index (χ2n) is 23.6. The molecule has 2 N–H and O–H groups in total. The molecule has 3 unspecified atom stereocenters. The number of hydrogen-bond donors (Lipinski definition) is 2. The molecule has 10 heteroatoms. The number of quaternary nitrogens is 1. The molecule has 0 fully saturated rings. The van der Waals surface area contributed by atoms with Crippen LogP contribution in [0.25, 0.3) is 0 Å². The van der Waals surface area contributed by atoms with Crippen molar-refractivity contribution in [3.05, 3.63) is 72.9 Å². The van der Waals surface area contributed by atoms with Crippen LogP contribution in [-0.4, -0.2) is 74.3 Å². The minimum atomic E-state index is -4.45. The summed E-state index contributed by atoms with van der Waals surface area (Å²) < 4.78 is 30.7. The van der Waals surface area contributed by atoms with Crippen LogP contribution < -0.4 is 5.32 Å². The molecule has 3 atom stereocenters. The van der Waals surface area contributed by atoms with Crippen LogP contribution in [0, 0.1) is 0 Å². The zero-order chi connectivity index (χ0) is 57.9. The summed E-state index contributed by atoms with van der Waals surface area (Å²) >= 11 is 0. The Morgan fingerprint density at radius 2 is 0.810 bits per heavy atom. The molecule has 1 amide bonds. The lowest BCUT2D eigenvalue weighted by Gasteiger charge is -2.27. The number of allylic oxidation sites excluding steroid dienone is 11. The van der Waals surface area contributed by atoms with Crippen molar-refractivity contribution in [2.45, 2.75) is 315 Å². The normalized spacial score (nSPS) is 14.1. The number of amides is 1. The highest BCUT2D eigenvalue weighted by molar-refractivity contribution is 7.47. The number of unbranched alkanes of at least 4 members (excludes halogenated alkanes) is 34. The van der Waals surface area contributed by atoms with Crippen molar-refractivity contribution in [3.8, 4) is 0 Å². The van der Waals surface area contributed by atoms with Gasteiger partial charge in [-0.1, -0.05) is 287 Å². The summed E-state index contributed by atoms with van der Waals surface area (Å²) in [5.41, 5.74) is 0. The van der Waals surface area contributed by atoms with Crippen LogP contribution in [0.15, 0.2) is 72.9 Å². The van der Waals surface area contributed by atoms with Gasteiger partial charge in [0.2, 0.25) is 5.91 Å². The van der Waals surface area contributed by atoms with Gasteiger partial charge in [-0.15, -0.1) is 0 Å². The van der Waals surface area contributed by atoms with Gasteiger partial charge in [0.1, 0.15) is 19.3 Å². The molecule has 0 aliphatic heterocycles. The molecule has 0 aliphatic rings. The fourth-order valence-corrected chi connectivity index (χ4v) is 10.3. The highest BCUT2D eigenvalue weighted by Gasteiger charge is 2.30. The zero-order valence-electron chi connectivity index (χ0n) is 52.6. The minimum absolute atomic E-state index is 0.0382. The van der Waals surface area contributed by atoms with E-state index in [1.165, 1.54) is 167 Å². The molecule has 460 valence electrons. The fourth-order valence-electron chi connectivity index (χ4n) is 9.56. The third-order valence-electron chi connectivity index (χ3n) is 14.7. The number of hydrogen-bond acceptors (Lipinski definition) is 6. The Kier molecular flexibility index (Phi) is 56.7. The third kappa shape index (κ3) is 59.9. The summed E-state index contributed by atoms with van der Waals surface area (Å²) in [6.07, 6.45) is 76.2. The van der Waals surface area contributed by atoms with Crippen molar-refractivity contribution in [2.24, 2.45) is 0 Å². The first kappa shape index (κ1) is 76.5. The number of esters is 1. The predicted molar refractivity (Wildman–Crippen MR) is 341 cm³/mol. The Hall–Kier alpha value is -2.55. The summed E-state index contributed by atoms with van der Waals surface area (Å²) in [6, 6.07) is -0.852. The topological polar surface area (TPSA) is 111 Å². The van der Waals surface area contributed by atoms with E-state index in [0.717, 1.165) is 103 Å². The van der Waals surface area contributed by atoms with E-state index in [9.17, 15) is 19.0 Å². The van der Waals surface area contributed by atoms with E-state index in [1.807, 2.05) is 33.3 Å². The standard InChI is InChI=1S/C69H127N2O7P/c1-7-10-13-16-19-22-25-27-29-31-32-33-34-35-36-37-38-40-41-43-46-49-52-55-58-61-68(72)70-66(65-77-79(74,75)76-64-63-71(4,5)6)67(60-57-54-51-48-45-24-21-18-15-12-9-3)78-69(73)62-59-56-53-50-47-44-42-39-30-28-26-23-20-17-14-11-8-2/h10,13,19,22,27,29,32-33,35-36,57,60,66-67H,7-9,11-12,14-18,20-21,23-26,28,30-31,34,37-56,58-59,61-65H2,1-6H3,(H-,70,72,74,75)/p+1/b13-10-,22-19-,29-27-,33-32-,36-35-,60-57-. The number of likely N-dealkylation sites (N-methyl/N-ethyl adjacent to an activating group) is 1. The van der Waals surface area contributed by atoms with Crippen molar-refractivity contribution in [2.75, 3.05) is 40.9 Å². The second kappa shape index (κ2) is 58.6. The number of carbonyl (C=O) groups excluding carboxylic acids is 2. The Morgan fingerprint density at radius 3 is 1.22 bits per heavy atom. The zero-order valence-corrected chi connectivity index (χ0v) is 53.5. The lowest BCUT2D eigenvalue weighted by atomic mass is 10.0. The van der Waals surface area contributed by atoms with Crippen molar-refractivity contribution in [3.63, 3.8) is 0 Å². The second-order valence-corrected chi connectivity index (χ2v) is 25.1. The quantitative estimate of drug-likeness (QED) is 0.0205. The molecule has 0 aromatic heterocycles. The monoisotopic (exact) mass is 1130 g/mol. The van der Waals surface area contributed by atoms with Gasteiger partial charge in [-0.05, 0) is 76.7 Å². The third-order valence-corrected chi connectivity index (χ3v) is 15.6. The highest BCUT2D eigenvalue weighted by atomic mass is 31.2. The van der Waals surface area contributed by atoms with Crippen LogP contribution >= 0.6 is 7.82 Å². The van der Waals surface area contributed by atoms with E-state index >= 15 is 0 Å². The average Bonchev–Trinajstić information content (AvgIpc) is 3.41. The van der Waals surface area contributed by atoms with Crippen LogP contribution in [0.1, 0.15) is 303 Å². The number of nitrogens with one attached hydrogen (secondary N) is 1. The smallest absolute Gasteiger partial charge is 0.456 e. The van der Waals surface area contributed by atoms with Crippen molar-refractivity contribution >= 4 is 19.7 Å². The number of phosphoric acid groups is 1. The van der Waals surface area contributed by atoms with Crippen molar-refractivity contribution in [1.29, 1.82) is 0 Å². The Labute approximate surface area is 489 Å². The van der Waals surface area contributed by atoms with Gasteiger partial charge in [0.05, 0.1) is 33.8 Å². The molecule has 0 aromatic rings. The Morgan fingerprint density at radius 1 is 0.456 bits per heavy atom. The molecule has 0 spiro atoms. The maximum Gasteiger partial charge on any atom is 0.472 e. The van der Waals surface area contributed by atoms with Gasteiger partial charge in [0, 0.05) is 12.8 Å². The Balaban J connectivity index is 5.09. The summed E-state index contributed by atoms with van der Waals surface area (Å²) in [5, 5.41) is 3.06. The van der Waals surface area contributed by atoms with Gasteiger partial charge >= 0.3 is 13.8 Å². The molecule has 79 heavy (non-hydrogen) atoms.